The lowest BCUT2D eigenvalue weighted by atomic mass is 9.96. The molecule has 3 heterocycles. The zero-order valence-electron chi connectivity index (χ0n) is 18.1. The van der Waals surface area contributed by atoms with Gasteiger partial charge in [0.25, 0.3) is 5.91 Å². The number of amides is 1. The van der Waals surface area contributed by atoms with E-state index in [2.05, 4.69) is 10.2 Å². The molecule has 1 amide bonds. The molecule has 166 valence electrons. The van der Waals surface area contributed by atoms with Crippen LogP contribution in [0.25, 0.3) is 5.65 Å². The van der Waals surface area contributed by atoms with Crippen LogP contribution in [0.5, 0.6) is 5.75 Å². The molecule has 33 heavy (non-hydrogen) atoms. The minimum absolute atomic E-state index is 0.0233. The fourth-order valence-electron chi connectivity index (χ4n) is 4.22. The number of carbonyl (C=O) groups is 2. The maximum absolute atomic E-state index is 12.7. The van der Waals surface area contributed by atoms with Crippen LogP contribution in [0.3, 0.4) is 0 Å². The number of likely N-dealkylation sites (tertiary alicyclic amines) is 1. The normalized spacial score (nSPS) is 14.4. The molecule has 1 saturated heterocycles. The van der Waals surface area contributed by atoms with Gasteiger partial charge in [-0.3, -0.25) is 14.0 Å². The summed E-state index contributed by atoms with van der Waals surface area (Å²) >= 11 is 0. The van der Waals surface area contributed by atoms with Crippen LogP contribution in [0.4, 0.5) is 0 Å². The van der Waals surface area contributed by atoms with Crippen LogP contribution in [0.1, 0.15) is 40.5 Å². The number of benzene rings is 2. The minimum Gasteiger partial charge on any atom is -0.484 e. The lowest BCUT2D eigenvalue weighted by Crippen LogP contribution is -2.40. The van der Waals surface area contributed by atoms with Gasteiger partial charge in [0.05, 0.1) is 0 Å². The maximum atomic E-state index is 12.7. The molecule has 4 aromatic rings. The van der Waals surface area contributed by atoms with Gasteiger partial charge < -0.3 is 9.64 Å². The van der Waals surface area contributed by atoms with E-state index in [1.165, 1.54) is 0 Å². The molecule has 0 saturated carbocycles. The molecule has 0 bridgehead atoms. The smallest absolute Gasteiger partial charge is 0.260 e. The van der Waals surface area contributed by atoms with Gasteiger partial charge in [-0.25, -0.2) is 0 Å². The summed E-state index contributed by atoms with van der Waals surface area (Å²) in [6, 6.07) is 21.9. The zero-order valence-corrected chi connectivity index (χ0v) is 18.1. The number of hydrogen-bond acceptors (Lipinski definition) is 5. The highest BCUT2D eigenvalue weighted by Gasteiger charge is 2.27. The number of pyridine rings is 1. The molecule has 2 aromatic carbocycles. The number of hydrogen-bond donors (Lipinski definition) is 0. The number of ketones is 1. The van der Waals surface area contributed by atoms with Crippen molar-refractivity contribution in [3.63, 3.8) is 0 Å². The minimum atomic E-state index is -0.0402. The van der Waals surface area contributed by atoms with Gasteiger partial charge >= 0.3 is 0 Å². The van der Waals surface area contributed by atoms with Crippen molar-refractivity contribution in [1.82, 2.24) is 19.5 Å². The number of rotatable bonds is 6. The van der Waals surface area contributed by atoms with Gasteiger partial charge in [0.2, 0.25) is 0 Å². The van der Waals surface area contributed by atoms with E-state index in [4.69, 9.17) is 4.74 Å². The van der Waals surface area contributed by atoms with Crippen LogP contribution >= 0.6 is 0 Å². The Kier molecular flexibility index (Phi) is 5.85. The second kappa shape index (κ2) is 9.24. The molecule has 2 aromatic heterocycles. The van der Waals surface area contributed by atoms with Crippen molar-refractivity contribution >= 4 is 17.3 Å². The van der Waals surface area contributed by atoms with Gasteiger partial charge in [-0.2, -0.15) is 0 Å². The highest BCUT2D eigenvalue weighted by atomic mass is 16.5. The molecular formula is C26H24N4O3. The summed E-state index contributed by atoms with van der Waals surface area (Å²) in [5, 5.41) is 8.60. The molecule has 0 spiro atoms. The summed E-state index contributed by atoms with van der Waals surface area (Å²) in [7, 11) is 0. The van der Waals surface area contributed by atoms with Crippen molar-refractivity contribution in [3.05, 3.63) is 95.9 Å². The Bertz CT molecular complexity index is 1260. The van der Waals surface area contributed by atoms with Gasteiger partial charge in [-0.1, -0.05) is 36.4 Å². The summed E-state index contributed by atoms with van der Waals surface area (Å²) in [6.07, 6.45) is 3.67. The van der Waals surface area contributed by atoms with Gasteiger partial charge in [0.1, 0.15) is 11.6 Å². The summed E-state index contributed by atoms with van der Waals surface area (Å²) < 4.78 is 7.71. The van der Waals surface area contributed by atoms with Crippen LogP contribution in [0.15, 0.2) is 79.0 Å². The first-order chi connectivity index (χ1) is 16.2. The third-order valence-corrected chi connectivity index (χ3v) is 6.07. The number of carbonyl (C=O) groups excluding carboxylic acids is 2. The molecular weight excluding hydrogens is 416 g/mol. The molecule has 0 unspecified atom stereocenters. The Morgan fingerprint density at radius 2 is 1.55 bits per heavy atom. The molecule has 7 nitrogen and oxygen atoms in total. The average Bonchev–Trinajstić information content (AvgIpc) is 3.32. The SMILES string of the molecule is O=C(c1ccccc1)c1ccc(OCC(=O)N2CCC(c3nnc4ccccn34)CC2)cc1. The zero-order chi connectivity index (χ0) is 22.6. The van der Waals surface area contributed by atoms with E-state index in [1.54, 1.807) is 36.4 Å². The van der Waals surface area contributed by atoms with E-state index in [0.717, 1.165) is 24.3 Å². The standard InChI is InChI=1S/C26H24N4O3/c31-24(18-33-22-11-9-20(10-12-22)25(32)19-6-2-1-3-7-19)29-16-13-21(14-17-29)26-28-27-23-8-4-5-15-30(23)26/h1-12,15,21H,13-14,16-18H2. The molecule has 0 N–H and O–H groups in total. The second-order valence-corrected chi connectivity index (χ2v) is 8.15. The number of aromatic nitrogens is 3. The predicted octanol–water partition coefficient (Wildman–Crippen LogP) is 3.75. The van der Waals surface area contributed by atoms with E-state index in [9.17, 15) is 9.59 Å². The molecule has 1 aliphatic heterocycles. The van der Waals surface area contributed by atoms with Crippen LogP contribution in [0.2, 0.25) is 0 Å². The number of piperidine rings is 1. The Morgan fingerprint density at radius 1 is 0.848 bits per heavy atom. The molecule has 0 aliphatic carbocycles. The number of ether oxygens (including phenoxy) is 1. The molecule has 1 aliphatic rings. The largest absolute Gasteiger partial charge is 0.484 e. The van der Waals surface area contributed by atoms with E-state index in [0.29, 0.717) is 30.0 Å². The topological polar surface area (TPSA) is 76.8 Å². The number of fused-ring (bicyclic) bond motifs is 1. The van der Waals surface area contributed by atoms with Crippen molar-refractivity contribution in [2.75, 3.05) is 19.7 Å². The lowest BCUT2D eigenvalue weighted by Gasteiger charge is -2.31. The van der Waals surface area contributed by atoms with Crippen molar-refractivity contribution in [2.24, 2.45) is 0 Å². The van der Waals surface area contributed by atoms with Crippen LogP contribution in [-0.2, 0) is 4.79 Å². The summed E-state index contributed by atoms with van der Waals surface area (Å²) in [4.78, 5) is 27.0. The van der Waals surface area contributed by atoms with Crippen molar-refractivity contribution in [3.8, 4) is 5.75 Å². The van der Waals surface area contributed by atoms with Gasteiger partial charge in [0.15, 0.2) is 18.0 Å². The molecule has 1 fully saturated rings. The van der Waals surface area contributed by atoms with Crippen molar-refractivity contribution < 1.29 is 14.3 Å². The first kappa shape index (κ1) is 20.9. The first-order valence-corrected chi connectivity index (χ1v) is 11.1. The fourth-order valence-corrected chi connectivity index (χ4v) is 4.22. The summed E-state index contributed by atoms with van der Waals surface area (Å²) in [5.74, 6) is 1.73. The maximum Gasteiger partial charge on any atom is 0.260 e. The Balaban J connectivity index is 1.13. The third kappa shape index (κ3) is 4.48. The highest BCUT2D eigenvalue weighted by molar-refractivity contribution is 6.08. The highest BCUT2D eigenvalue weighted by Crippen LogP contribution is 2.27. The summed E-state index contributed by atoms with van der Waals surface area (Å²) in [6.45, 7) is 1.31. The number of nitrogens with zero attached hydrogens (tertiary/aromatic N) is 4. The Morgan fingerprint density at radius 3 is 2.30 bits per heavy atom. The molecule has 0 radical (unpaired) electrons. The summed E-state index contributed by atoms with van der Waals surface area (Å²) in [5.41, 5.74) is 2.07. The van der Waals surface area contributed by atoms with E-state index in [1.807, 2.05) is 51.9 Å². The predicted molar refractivity (Wildman–Crippen MR) is 123 cm³/mol. The monoisotopic (exact) mass is 440 g/mol. The van der Waals surface area contributed by atoms with Crippen molar-refractivity contribution in [2.45, 2.75) is 18.8 Å². The third-order valence-electron chi connectivity index (χ3n) is 6.07. The van der Waals surface area contributed by atoms with E-state index >= 15 is 0 Å². The molecule has 5 rings (SSSR count). The second-order valence-electron chi connectivity index (χ2n) is 8.15. The van der Waals surface area contributed by atoms with E-state index in [-0.39, 0.29) is 24.2 Å². The lowest BCUT2D eigenvalue weighted by molar-refractivity contribution is -0.134. The van der Waals surface area contributed by atoms with Gasteiger partial charge in [0, 0.05) is 36.3 Å². The van der Waals surface area contributed by atoms with Gasteiger partial charge in [-0.05, 0) is 49.2 Å². The van der Waals surface area contributed by atoms with Crippen molar-refractivity contribution in [1.29, 1.82) is 0 Å². The fraction of sp³-hybridized carbons (Fsp3) is 0.231. The Labute approximate surface area is 191 Å². The first-order valence-electron chi connectivity index (χ1n) is 11.1. The molecule has 7 heteroatoms. The average molecular weight is 441 g/mol. The molecule has 0 atom stereocenters. The van der Waals surface area contributed by atoms with E-state index < -0.39 is 0 Å². The Hall–Kier alpha value is -4.00. The quantitative estimate of drug-likeness (QED) is 0.427. The van der Waals surface area contributed by atoms with Crippen LogP contribution in [0, 0.1) is 0 Å². The van der Waals surface area contributed by atoms with Gasteiger partial charge in [-0.15, -0.1) is 10.2 Å². The van der Waals surface area contributed by atoms with Crippen LogP contribution < -0.4 is 4.74 Å². The van der Waals surface area contributed by atoms with Crippen LogP contribution in [-0.4, -0.2) is 50.9 Å².